The van der Waals surface area contributed by atoms with Crippen LogP contribution in [0.5, 0.6) is 0 Å². The van der Waals surface area contributed by atoms with Gasteiger partial charge in [0.1, 0.15) is 0 Å². The van der Waals surface area contributed by atoms with Crippen molar-refractivity contribution in [2.45, 2.75) is 57.4 Å². The van der Waals surface area contributed by atoms with Gasteiger partial charge in [0.2, 0.25) is 0 Å². The summed E-state index contributed by atoms with van der Waals surface area (Å²) < 4.78 is 5.55. The number of amides is 1. The van der Waals surface area contributed by atoms with E-state index in [1.165, 1.54) is 11.3 Å². The molecule has 2 aliphatic carbocycles. The molecule has 5 nitrogen and oxygen atoms in total. The van der Waals surface area contributed by atoms with Gasteiger partial charge < -0.3 is 10.1 Å². The Morgan fingerprint density at radius 3 is 2.73 bits per heavy atom. The van der Waals surface area contributed by atoms with E-state index in [0.29, 0.717) is 5.56 Å². The van der Waals surface area contributed by atoms with Gasteiger partial charge in [0, 0.05) is 16.3 Å². The molecule has 5 rings (SSSR count). The Morgan fingerprint density at radius 1 is 1.06 bits per heavy atom. The zero-order chi connectivity index (χ0) is 22.6. The van der Waals surface area contributed by atoms with Crippen LogP contribution in [0.4, 0.5) is 0 Å². The number of para-hydroxylation sites is 1. The highest BCUT2D eigenvalue weighted by atomic mass is 32.1. The molecule has 3 aromatic rings. The lowest BCUT2D eigenvalue weighted by Crippen LogP contribution is -2.38. The first-order chi connectivity index (χ1) is 16.2. The Bertz CT molecular complexity index is 1190. The number of nitrogens with one attached hydrogen (secondary N) is 1. The van der Waals surface area contributed by atoms with Gasteiger partial charge in [0.15, 0.2) is 6.61 Å². The third-order valence-corrected chi connectivity index (χ3v) is 7.36. The fourth-order valence-electron chi connectivity index (χ4n) is 4.97. The zero-order valence-electron chi connectivity index (χ0n) is 18.6. The fourth-order valence-corrected chi connectivity index (χ4v) is 5.65. The number of hydrogen-bond donors (Lipinski definition) is 1. The largest absolute Gasteiger partial charge is 0.452 e. The van der Waals surface area contributed by atoms with Gasteiger partial charge in [-0.05, 0) is 66.8 Å². The lowest BCUT2D eigenvalue weighted by molar-refractivity contribution is -0.125. The number of fused-ring (bicyclic) bond motifs is 2. The molecular formula is C27H28N2O3S. The maximum Gasteiger partial charge on any atom is 0.339 e. The van der Waals surface area contributed by atoms with Crippen molar-refractivity contribution < 1.29 is 14.3 Å². The summed E-state index contributed by atoms with van der Waals surface area (Å²) >= 11 is 1.69. The SMILES string of the molecule is O=C(COC(=O)c1c2c(nc3ccccc13)C(=Cc1cccs1)CCC2)NC1CCCCC1. The third-order valence-electron chi connectivity index (χ3n) is 6.54. The minimum absolute atomic E-state index is 0.199. The maximum absolute atomic E-state index is 13.3. The fraction of sp³-hybridized carbons (Fsp3) is 0.370. The van der Waals surface area contributed by atoms with Crippen LogP contribution >= 0.6 is 11.3 Å². The molecule has 0 spiro atoms. The number of hydrogen-bond acceptors (Lipinski definition) is 5. The summed E-state index contributed by atoms with van der Waals surface area (Å²) in [4.78, 5) is 31.8. The summed E-state index contributed by atoms with van der Waals surface area (Å²) in [5.74, 6) is -0.665. The molecule has 2 aliphatic rings. The first kappa shape index (κ1) is 21.8. The molecule has 0 saturated heterocycles. The second kappa shape index (κ2) is 9.87. The van der Waals surface area contributed by atoms with Crippen molar-refractivity contribution in [3.63, 3.8) is 0 Å². The van der Waals surface area contributed by atoms with Gasteiger partial charge in [0.05, 0.1) is 16.8 Å². The molecule has 0 radical (unpaired) electrons. The number of nitrogens with zero attached hydrogens (tertiary/aromatic N) is 1. The summed E-state index contributed by atoms with van der Waals surface area (Å²) in [6, 6.07) is 12.0. The van der Waals surface area contributed by atoms with E-state index < -0.39 is 5.97 Å². The minimum atomic E-state index is -0.444. The highest BCUT2D eigenvalue weighted by Gasteiger charge is 2.26. The van der Waals surface area contributed by atoms with Crippen LogP contribution in [0.3, 0.4) is 0 Å². The van der Waals surface area contributed by atoms with E-state index in [1.54, 1.807) is 11.3 Å². The van der Waals surface area contributed by atoms with Crippen molar-refractivity contribution in [1.82, 2.24) is 10.3 Å². The summed E-state index contributed by atoms with van der Waals surface area (Å²) in [6.45, 7) is -0.251. The van der Waals surface area contributed by atoms with E-state index in [2.05, 4.69) is 22.8 Å². The van der Waals surface area contributed by atoms with Crippen LogP contribution in [-0.4, -0.2) is 29.5 Å². The first-order valence-electron chi connectivity index (χ1n) is 11.8. The number of pyridine rings is 1. The number of benzene rings is 1. The molecule has 6 heteroatoms. The number of allylic oxidation sites excluding steroid dienone is 1. The Morgan fingerprint density at radius 2 is 1.91 bits per heavy atom. The molecule has 1 N–H and O–H groups in total. The van der Waals surface area contributed by atoms with Crippen molar-refractivity contribution in [3.8, 4) is 0 Å². The molecule has 2 aromatic heterocycles. The van der Waals surface area contributed by atoms with Crippen LogP contribution in [0.2, 0.25) is 0 Å². The number of rotatable bonds is 5. The minimum Gasteiger partial charge on any atom is -0.452 e. The molecule has 1 saturated carbocycles. The molecule has 1 amide bonds. The van der Waals surface area contributed by atoms with Gasteiger partial charge in [-0.1, -0.05) is 43.5 Å². The van der Waals surface area contributed by atoms with Gasteiger partial charge >= 0.3 is 5.97 Å². The molecule has 33 heavy (non-hydrogen) atoms. The number of ether oxygens (including phenoxy) is 1. The number of aromatic nitrogens is 1. The van der Waals surface area contributed by atoms with E-state index in [9.17, 15) is 9.59 Å². The van der Waals surface area contributed by atoms with E-state index in [0.717, 1.165) is 72.7 Å². The molecule has 170 valence electrons. The molecule has 0 atom stereocenters. The van der Waals surface area contributed by atoms with E-state index >= 15 is 0 Å². The van der Waals surface area contributed by atoms with Crippen LogP contribution in [-0.2, 0) is 16.0 Å². The standard InChI is InChI=1S/C27H28N2O3S/c30-24(28-19-9-2-1-3-10-19)17-32-27(31)25-21-12-4-5-14-23(21)29-26-18(8-6-13-22(25)26)16-20-11-7-15-33-20/h4-5,7,11-12,14-16,19H,1-3,6,8-10,13,17H2,(H,28,30). The predicted molar refractivity (Wildman–Crippen MR) is 132 cm³/mol. The zero-order valence-corrected chi connectivity index (χ0v) is 19.5. The topological polar surface area (TPSA) is 68.3 Å². The quantitative estimate of drug-likeness (QED) is 0.490. The van der Waals surface area contributed by atoms with Gasteiger partial charge in [-0.3, -0.25) is 4.79 Å². The van der Waals surface area contributed by atoms with Crippen molar-refractivity contribution >= 4 is 45.8 Å². The average molecular weight is 461 g/mol. The number of thiophene rings is 1. The van der Waals surface area contributed by atoms with Crippen LogP contribution in [0.1, 0.15) is 71.4 Å². The molecule has 1 fully saturated rings. The first-order valence-corrected chi connectivity index (χ1v) is 12.7. The van der Waals surface area contributed by atoms with Crippen LogP contribution < -0.4 is 5.32 Å². The van der Waals surface area contributed by atoms with Crippen molar-refractivity contribution in [1.29, 1.82) is 0 Å². The van der Waals surface area contributed by atoms with E-state index in [4.69, 9.17) is 9.72 Å². The highest BCUT2D eigenvalue weighted by molar-refractivity contribution is 7.10. The van der Waals surface area contributed by atoms with Crippen LogP contribution in [0.15, 0.2) is 41.8 Å². The van der Waals surface area contributed by atoms with Crippen LogP contribution in [0, 0.1) is 0 Å². The highest BCUT2D eigenvalue weighted by Crippen LogP contribution is 2.36. The van der Waals surface area contributed by atoms with E-state index in [1.807, 2.05) is 30.3 Å². The Balaban J connectivity index is 1.43. The maximum atomic E-state index is 13.3. The molecule has 0 bridgehead atoms. The molecule has 1 aromatic carbocycles. The molecule has 0 aliphatic heterocycles. The summed E-state index contributed by atoms with van der Waals surface area (Å²) in [7, 11) is 0. The lowest BCUT2D eigenvalue weighted by atomic mass is 9.86. The van der Waals surface area contributed by atoms with Gasteiger partial charge in [-0.2, -0.15) is 0 Å². The normalized spacial score (nSPS) is 17.6. The number of esters is 1. The number of carbonyl (C=O) groups excluding carboxylic acids is 2. The molecule has 0 unspecified atom stereocenters. The Kier molecular flexibility index (Phi) is 6.53. The smallest absolute Gasteiger partial charge is 0.339 e. The van der Waals surface area contributed by atoms with Gasteiger partial charge in [-0.25, -0.2) is 9.78 Å². The molecule has 2 heterocycles. The monoisotopic (exact) mass is 460 g/mol. The molecular weight excluding hydrogens is 432 g/mol. The van der Waals surface area contributed by atoms with Crippen LogP contribution in [0.25, 0.3) is 22.6 Å². The van der Waals surface area contributed by atoms with E-state index in [-0.39, 0.29) is 18.6 Å². The summed E-state index contributed by atoms with van der Waals surface area (Å²) in [5, 5.41) is 5.86. The second-order valence-electron chi connectivity index (χ2n) is 8.85. The Labute approximate surface area is 197 Å². The Hall–Kier alpha value is -2.99. The third kappa shape index (κ3) is 4.86. The average Bonchev–Trinajstić information content (AvgIpc) is 3.35. The van der Waals surface area contributed by atoms with Gasteiger partial charge in [-0.15, -0.1) is 11.3 Å². The van der Waals surface area contributed by atoms with Crippen molar-refractivity contribution in [2.75, 3.05) is 6.61 Å². The second-order valence-corrected chi connectivity index (χ2v) is 9.83. The predicted octanol–water partition coefficient (Wildman–Crippen LogP) is 5.78. The van der Waals surface area contributed by atoms with Crippen molar-refractivity contribution in [3.05, 3.63) is 63.5 Å². The summed E-state index contributed by atoms with van der Waals surface area (Å²) in [6.07, 6.45) is 10.3. The summed E-state index contributed by atoms with van der Waals surface area (Å²) in [5.41, 5.74) is 4.28. The van der Waals surface area contributed by atoms with Crippen molar-refractivity contribution in [2.24, 2.45) is 0 Å². The number of carbonyl (C=O) groups is 2. The lowest BCUT2D eigenvalue weighted by Gasteiger charge is -2.23. The van der Waals surface area contributed by atoms with Gasteiger partial charge in [0.25, 0.3) is 5.91 Å².